The first-order chi connectivity index (χ1) is 11.5. The number of aryl methyl sites for hydroxylation is 1. The van der Waals surface area contributed by atoms with Crippen LogP contribution in [-0.4, -0.2) is 74.1 Å². The SMILES string of the molecule is Cc1cc(N(C)C)cc([C@@H]2CN(CC3(O)CCOCC3)CCO2)n1. The molecule has 0 amide bonds. The molecule has 0 aromatic carbocycles. The first kappa shape index (κ1) is 17.6. The minimum atomic E-state index is -0.630. The highest BCUT2D eigenvalue weighted by atomic mass is 16.5. The number of anilines is 1. The summed E-state index contributed by atoms with van der Waals surface area (Å²) in [5, 5.41) is 10.8. The number of β-amino-alcohol motifs (C(OH)–C–C–N with tert-alkyl or cyclic N) is 1. The predicted octanol–water partition coefficient (Wildman–Crippen LogP) is 1.37. The number of hydrogen-bond donors (Lipinski definition) is 1. The third-order valence-electron chi connectivity index (χ3n) is 4.90. The van der Waals surface area contributed by atoms with Gasteiger partial charge < -0.3 is 19.5 Å². The largest absolute Gasteiger partial charge is 0.388 e. The van der Waals surface area contributed by atoms with Crippen LogP contribution >= 0.6 is 0 Å². The van der Waals surface area contributed by atoms with Crippen LogP contribution in [0.1, 0.15) is 30.3 Å². The maximum Gasteiger partial charge on any atom is 0.112 e. The quantitative estimate of drug-likeness (QED) is 0.897. The first-order valence-corrected chi connectivity index (χ1v) is 8.75. The molecule has 0 spiro atoms. The zero-order chi connectivity index (χ0) is 17.2. The zero-order valence-corrected chi connectivity index (χ0v) is 15.0. The van der Waals surface area contributed by atoms with Crippen LogP contribution in [0.25, 0.3) is 0 Å². The topological polar surface area (TPSA) is 58.1 Å². The molecule has 6 heteroatoms. The smallest absolute Gasteiger partial charge is 0.112 e. The number of ether oxygens (including phenoxy) is 2. The van der Waals surface area contributed by atoms with E-state index in [9.17, 15) is 5.11 Å². The Morgan fingerprint density at radius 2 is 2.04 bits per heavy atom. The maximum atomic E-state index is 10.8. The maximum absolute atomic E-state index is 10.8. The molecule has 0 radical (unpaired) electrons. The average Bonchev–Trinajstić information content (AvgIpc) is 2.54. The molecule has 2 fully saturated rings. The lowest BCUT2D eigenvalue weighted by Gasteiger charge is -2.40. The number of nitrogens with zero attached hydrogens (tertiary/aromatic N) is 3. The van der Waals surface area contributed by atoms with E-state index in [1.807, 2.05) is 21.0 Å². The molecule has 3 heterocycles. The molecular weight excluding hydrogens is 306 g/mol. The minimum absolute atomic E-state index is 0.0409. The lowest BCUT2D eigenvalue weighted by molar-refractivity contribution is -0.103. The molecule has 1 aromatic heterocycles. The molecule has 0 unspecified atom stereocenters. The standard InChI is InChI=1S/C18H29N3O3/c1-14-10-15(20(2)3)11-16(19-14)17-12-21(6-9-24-17)13-18(22)4-7-23-8-5-18/h10-11,17,22H,4-9,12-13H2,1-3H3/t17-/m0/s1. The van der Waals surface area contributed by atoms with E-state index in [4.69, 9.17) is 9.47 Å². The number of morpholine rings is 1. The highest BCUT2D eigenvalue weighted by molar-refractivity contribution is 5.47. The monoisotopic (exact) mass is 335 g/mol. The van der Waals surface area contributed by atoms with Gasteiger partial charge in [-0.1, -0.05) is 0 Å². The van der Waals surface area contributed by atoms with E-state index in [0.29, 0.717) is 39.2 Å². The van der Waals surface area contributed by atoms with Crippen molar-refractivity contribution in [2.75, 3.05) is 58.5 Å². The highest BCUT2D eigenvalue weighted by Crippen LogP contribution is 2.27. The molecule has 6 nitrogen and oxygen atoms in total. The Morgan fingerprint density at radius 3 is 2.75 bits per heavy atom. The van der Waals surface area contributed by atoms with E-state index in [-0.39, 0.29) is 6.10 Å². The van der Waals surface area contributed by atoms with Crippen molar-refractivity contribution in [2.24, 2.45) is 0 Å². The molecule has 2 aliphatic heterocycles. The van der Waals surface area contributed by atoms with Gasteiger partial charge in [0.25, 0.3) is 0 Å². The van der Waals surface area contributed by atoms with E-state index < -0.39 is 5.60 Å². The van der Waals surface area contributed by atoms with Gasteiger partial charge in [-0.3, -0.25) is 9.88 Å². The third kappa shape index (κ3) is 4.25. The van der Waals surface area contributed by atoms with Crippen LogP contribution in [0.15, 0.2) is 12.1 Å². The summed E-state index contributed by atoms with van der Waals surface area (Å²) in [4.78, 5) is 9.07. The second kappa shape index (κ2) is 7.35. The number of rotatable bonds is 4. The summed E-state index contributed by atoms with van der Waals surface area (Å²) >= 11 is 0. The molecule has 24 heavy (non-hydrogen) atoms. The lowest BCUT2D eigenvalue weighted by atomic mass is 9.93. The van der Waals surface area contributed by atoms with Gasteiger partial charge in [0.2, 0.25) is 0 Å². The first-order valence-electron chi connectivity index (χ1n) is 8.75. The van der Waals surface area contributed by atoms with Gasteiger partial charge in [-0.05, 0) is 19.1 Å². The summed E-state index contributed by atoms with van der Waals surface area (Å²) in [6.45, 7) is 6.29. The van der Waals surface area contributed by atoms with Crippen LogP contribution in [-0.2, 0) is 9.47 Å². The third-order valence-corrected chi connectivity index (χ3v) is 4.90. The number of aromatic nitrogens is 1. The van der Waals surface area contributed by atoms with Crippen molar-refractivity contribution < 1.29 is 14.6 Å². The van der Waals surface area contributed by atoms with Crippen molar-refractivity contribution in [3.05, 3.63) is 23.5 Å². The highest BCUT2D eigenvalue weighted by Gasteiger charge is 2.34. The zero-order valence-electron chi connectivity index (χ0n) is 15.0. The Balaban J connectivity index is 1.69. The van der Waals surface area contributed by atoms with E-state index in [2.05, 4.69) is 26.9 Å². The Morgan fingerprint density at radius 1 is 1.29 bits per heavy atom. The molecule has 134 valence electrons. The van der Waals surface area contributed by atoms with Crippen LogP contribution in [0.2, 0.25) is 0 Å². The molecule has 3 rings (SSSR count). The van der Waals surface area contributed by atoms with Crippen molar-refractivity contribution in [3.8, 4) is 0 Å². The molecule has 2 aliphatic rings. The predicted molar refractivity (Wildman–Crippen MR) is 93.4 cm³/mol. The molecule has 2 saturated heterocycles. The summed E-state index contributed by atoms with van der Waals surface area (Å²) in [5.74, 6) is 0. The van der Waals surface area contributed by atoms with Gasteiger partial charge in [-0.25, -0.2) is 0 Å². The fourth-order valence-corrected chi connectivity index (χ4v) is 3.45. The summed E-state index contributed by atoms with van der Waals surface area (Å²) in [5.41, 5.74) is 2.48. The molecule has 0 bridgehead atoms. The van der Waals surface area contributed by atoms with E-state index in [0.717, 1.165) is 30.2 Å². The van der Waals surface area contributed by atoms with E-state index in [1.54, 1.807) is 0 Å². The fourth-order valence-electron chi connectivity index (χ4n) is 3.45. The van der Waals surface area contributed by atoms with Gasteiger partial charge in [-0.15, -0.1) is 0 Å². The van der Waals surface area contributed by atoms with Crippen LogP contribution in [0.4, 0.5) is 5.69 Å². The Hall–Kier alpha value is -1.21. The second-order valence-corrected chi connectivity index (χ2v) is 7.22. The minimum Gasteiger partial charge on any atom is -0.388 e. The van der Waals surface area contributed by atoms with Gasteiger partial charge >= 0.3 is 0 Å². The summed E-state index contributed by atoms with van der Waals surface area (Å²) in [6.07, 6.45) is 1.38. The van der Waals surface area contributed by atoms with E-state index in [1.165, 1.54) is 0 Å². The van der Waals surface area contributed by atoms with Crippen molar-refractivity contribution in [1.82, 2.24) is 9.88 Å². The van der Waals surface area contributed by atoms with Gasteiger partial charge in [0.15, 0.2) is 0 Å². The van der Waals surface area contributed by atoms with Gasteiger partial charge in [0, 0.05) is 71.2 Å². The van der Waals surface area contributed by atoms with Gasteiger partial charge in [-0.2, -0.15) is 0 Å². The normalized spacial score (nSPS) is 24.8. The van der Waals surface area contributed by atoms with E-state index >= 15 is 0 Å². The van der Waals surface area contributed by atoms with Gasteiger partial charge in [0.1, 0.15) is 6.10 Å². The molecular formula is C18H29N3O3. The van der Waals surface area contributed by atoms with Crippen LogP contribution < -0.4 is 4.90 Å². The van der Waals surface area contributed by atoms with Crippen molar-refractivity contribution in [3.63, 3.8) is 0 Å². The molecule has 1 N–H and O–H groups in total. The van der Waals surface area contributed by atoms with Crippen LogP contribution in [0.3, 0.4) is 0 Å². The summed E-state index contributed by atoms with van der Waals surface area (Å²) in [7, 11) is 4.07. The Bertz CT molecular complexity index is 558. The number of aliphatic hydroxyl groups is 1. The molecule has 1 atom stereocenters. The second-order valence-electron chi connectivity index (χ2n) is 7.22. The van der Waals surface area contributed by atoms with Crippen molar-refractivity contribution >= 4 is 5.69 Å². The fraction of sp³-hybridized carbons (Fsp3) is 0.722. The summed E-state index contributed by atoms with van der Waals surface area (Å²) in [6, 6.07) is 4.18. The Labute approximate surface area is 144 Å². The Kier molecular flexibility index (Phi) is 5.39. The lowest BCUT2D eigenvalue weighted by Crippen LogP contribution is -2.50. The number of pyridine rings is 1. The van der Waals surface area contributed by atoms with Crippen molar-refractivity contribution in [2.45, 2.75) is 31.5 Å². The van der Waals surface area contributed by atoms with Gasteiger partial charge in [0.05, 0.1) is 17.9 Å². The molecule has 1 aromatic rings. The number of hydrogen-bond acceptors (Lipinski definition) is 6. The molecule has 0 saturated carbocycles. The summed E-state index contributed by atoms with van der Waals surface area (Å²) < 4.78 is 11.4. The van der Waals surface area contributed by atoms with Crippen molar-refractivity contribution in [1.29, 1.82) is 0 Å². The molecule has 0 aliphatic carbocycles. The average molecular weight is 335 g/mol. The van der Waals surface area contributed by atoms with Crippen LogP contribution in [0.5, 0.6) is 0 Å². The van der Waals surface area contributed by atoms with Crippen LogP contribution in [0, 0.1) is 6.92 Å².